The van der Waals surface area contributed by atoms with Crippen molar-refractivity contribution < 1.29 is 9.84 Å². The van der Waals surface area contributed by atoms with Crippen LogP contribution < -0.4 is 10.1 Å². The van der Waals surface area contributed by atoms with Crippen LogP contribution in [0.25, 0.3) is 0 Å². The Hall–Kier alpha value is -1.13. The van der Waals surface area contributed by atoms with Crippen molar-refractivity contribution in [1.29, 1.82) is 0 Å². The minimum atomic E-state index is 0.0427. The first kappa shape index (κ1) is 15.9. The highest BCUT2D eigenvalue weighted by atomic mass is 16.5. The van der Waals surface area contributed by atoms with Crippen LogP contribution in [0.5, 0.6) is 5.75 Å². The monoisotopic (exact) mass is 266 g/mol. The van der Waals surface area contributed by atoms with Gasteiger partial charge in [-0.1, -0.05) is 6.92 Å². The summed E-state index contributed by atoms with van der Waals surface area (Å²) in [4.78, 5) is 4.53. The molecule has 1 heterocycles. The zero-order valence-corrected chi connectivity index (χ0v) is 12.7. The van der Waals surface area contributed by atoms with Gasteiger partial charge in [0.15, 0.2) is 0 Å². The second-order valence-electron chi connectivity index (χ2n) is 6.10. The fourth-order valence-electron chi connectivity index (χ4n) is 1.49. The lowest BCUT2D eigenvalue weighted by atomic mass is 10.1. The first-order valence-electron chi connectivity index (χ1n) is 6.77. The highest BCUT2D eigenvalue weighted by molar-refractivity contribution is 5.29. The molecule has 0 fully saturated rings. The molecule has 0 spiro atoms. The zero-order valence-electron chi connectivity index (χ0n) is 12.7. The summed E-state index contributed by atoms with van der Waals surface area (Å²) in [5, 5.41) is 12.4. The van der Waals surface area contributed by atoms with Crippen molar-refractivity contribution in [3.05, 3.63) is 23.5 Å². The second-order valence-corrected chi connectivity index (χ2v) is 6.10. The van der Waals surface area contributed by atoms with Gasteiger partial charge >= 0.3 is 0 Å². The number of ether oxygens (including phenoxy) is 1. The first-order valence-corrected chi connectivity index (χ1v) is 6.77. The van der Waals surface area contributed by atoms with Crippen LogP contribution in [0.3, 0.4) is 0 Å². The zero-order chi connectivity index (χ0) is 14.5. The molecule has 0 bridgehead atoms. The summed E-state index contributed by atoms with van der Waals surface area (Å²) in [6.07, 6.45) is 0. The minimum absolute atomic E-state index is 0.0427. The van der Waals surface area contributed by atoms with Crippen LogP contribution in [-0.4, -0.2) is 28.8 Å². The van der Waals surface area contributed by atoms with E-state index < -0.39 is 0 Å². The Morgan fingerprint density at radius 1 is 1.37 bits per heavy atom. The number of nitrogens with zero attached hydrogens (tertiary/aromatic N) is 1. The Morgan fingerprint density at radius 2 is 2.05 bits per heavy atom. The molecule has 4 nitrogen and oxygen atoms in total. The number of rotatable bonds is 6. The van der Waals surface area contributed by atoms with Crippen molar-refractivity contribution in [3.8, 4) is 5.75 Å². The summed E-state index contributed by atoms with van der Waals surface area (Å²) in [6.45, 7) is 11.6. The largest absolute Gasteiger partial charge is 0.491 e. The smallest absolute Gasteiger partial charge is 0.142 e. The molecule has 0 radical (unpaired) electrons. The minimum Gasteiger partial charge on any atom is -0.491 e. The summed E-state index contributed by atoms with van der Waals surface area (Å²) in [6, 6.07) is 3.89. The molecule has 0 aliphatic carbocycles. The molecule has 0 saturated heterocycles. The van der Waals surface area contributed by atoms with E-state index in [1.54, 1.807) is 0 Å². The highest BCUT2D eigenvalue weighted by Crippen LogP contribution is 2.18. The average molecular weight is 266 g/mol. The molecule has 0 aromatic carbocycles. The van der Waals surface area contributed by atoms with E-state index in [-0.39, 0.29) is 18.1 Å². The molecule has 0 amide bonds. The van der Waals surface area contributed by atoms with Gasteiger partial charge in [-0.05, 0) is 39.8 Å². The number of aryl methyl sites for hydroxylation is 1. The van der Waals surface area contributed by atoms with Crippen molar-refractivity contribution in [1.82, 2.24) is 10.3 Å². The summed E-state index contributed by atoms with van der Waals surface area (Å²) < 4.78 is 5.75. The van der Waals surface area contributed by atoms with Gasteiger partial charge in [-0.2, -0.15) is 0 Å². The number of aliphatic hydroxyl groups excluding tert-OH is 1. The topological polar surface area (TPSA) is 54.4 Å². The number of nitrogens with one attached hydrogen (secondary N) is 1. The normalized spacial score (nSPS) is 13.4. The van der Waals surface area contributed by atoms with Crippen LogP contribution in [0, 0.1) is 12.8 Å². The van der Waals surface area contributed by atoms with Gasteiger partial charge in [-0.15, -0.1) is 0 Å². The predicted octanol–water partition coefficient (Wildman–Crippen LogP) is 2.29. The number of aliphatic hydroxyl groups is 1. The maximum atomic E-state index is 9.03. The van der Waals surface area contributed by atoms with Crippen LogP contribution in [0.15, 0.2) is 12.1 Å². The standard InChI is InChI=1S/C15H26N2O2/c1-11(9-18)10-19-14-7-6-12(2)17-13(14)8-16-15(3,4)5/h6-7,11,16,18H,8-10H2,1-5H3. The van der Waals surface area contributed by atoms with Gasteiger partial charge in [-0.25, -0.2) is 0 Å². The van der Waals surface area contributed by atoms with Crippen LogP contribution in [0.1, 0.15) is 39.1 Å². The maximum absolute atomic E-state index is 9.03. The van der Waals surface area contributed by atoms with Gasteiger partial charge in [0, 0.05) is 30.3 Å². The molecule has 0 aliphatic rings. The van der Waals surface area contributed by atoms with Crippen LogP contribution in [-0.2, 0) is 6.54 Å². The van der Waals surface area contributed by atoms with E-state index in [9.17, 15) is 0 Å². The molecule has 0 saturated carbocycles. The van der Waals surface area contributed by atoms with Crippen LogP contribution in [0.4, 0.5) is 0 Å². The number of hydrogen-bond acceptors (Lipinski definition) is 4. The summed E-state index contributed by atoms with van der Waals surface area (Å²) in [7, 11) is 0. The highest BCUT2D eigenvalue weighted by Gasteiger charge is 2.13. The second kappa shape index (κ2) is 6.87. The van der Waals surface area contributed by atoms with Crippen molar-refractivity contribution in [2.75, 3.05) is 13.2 Å². The van der Waals surface area contributed by atoms with Gasteiger partial charge < -0.3 is 15.2 Å². The van der Waals surface area contributed by atoms with Crippen molar-refractivity contribution >= 4 is 0 Å². The van der Waals surface area contributed by atoms with E-state index in [0.717, 1.165) is 17.1 Å². The van der Waals surface area contributed by atoms with Gasteiger partial charge in [0.25, 0.3) is 0 Å². The maximum Gasteiger partial charge on any atom is 0.142 e. The third-order valence-electron chi connectivity index (χ3n) is 2.69. The van der Waals surface area contributed by atoms with Gasteiger partial charge in [0.2, 0.25) is 0 Å². The molecule has 1 unspecified atom stereocenters. The van der Waals surface area contributed by atoms with E-state index in [4.69, 9.17) is 9.84 Å². The number of hydrogen-bond donors (Lipinski definition) is 2. The first-order chi connectivity index (χ1) is 8.81. The van der Waals surface area contributed by atoms with Gasteiger partial charge in [0.1, 0.15) is 5.75 Å². The molecule has 1 aromatic heterocycles. The fraction of sp³-hybridized carbons (Fsp3) is 0.667. The SMILES string of the molecule is Cc1ccc(OCC(C)CO)c(CNC(C)(C)C)n1. The molecule has 108 valence electrons. The van der Waals surface area contributed by atoms with Gasteiger partial charge in [0.05, 0.1) is 12.3 Å². The van der Waals surface area contributed by atoms with E-state index in [0.29, 0.717) is 13.2 Å². The molecule has 2 N–H and O–H groups in total. The molecular formula is C15H26N2O2. The Morgan fingerprint density at radius 3 is 2.63 bits per heavy atom. The third-order valence-corrected chi connectivity index (χ3v) is 2.69. The lowest BCUT2D eigenvalue weighted by Crippen LogP contribution is -2.35. The Balaban J connectivity index is 2.74. The Bertz CT molecular complexity index is 400. The number of pyridine rings is 1. The molecule has 1 aromatic rings. The Kier molecular flexibility index (Phi) is 5.76. The molecule has 19 heavy (non-hydrogen) atoms. The molecular weight excluding hydrogens is 240 g/mol. The summed E-state index contributed by atoms with van der Waals surface area (Å²) in [5.41, 5.74) is 1.94. The lowest BCUT2D eigenvalue weighted by molar-refractivity contribution is 0.173. The van der Waals surface area contributed by atoms with Gasteiger partial charge in [-0.3, -0.25) is 4.98 Å². The molecule has 1 atom stereocenters. The molecule has 4 heteroatoms. The molecule has 0 aliphatic heterocycles. The predicted molar refractivity (Wildman–Crippen MR) is 77.3 cm³/mol. The van der Waals surface area contributed by atoms with E-state index >= 15 is 0 Å². The van der Waals surface area contributed by atoms with Crippen molar-refractivity contribution in [2.24, 2.45) is 5.92 Å². The quantitative estimate of drug-likeness (QED) is 0.829. The van der Waals surface area contributed by atoms with E-state index in [1.165, 1.54) is 0 Å². The van der Waals surface area contributed by atoms with Crippen LogP contribution >= 0.6 is 0 Å². The Labute approximate surface area is 116 Å². The average Bonchev–Trinajstić information content (AvgIpc) is 2.33. The van der Waals surface area contributed by atoms with E-state index in [1.807, 2.05) is 26.0 Å². The summed E-state index contributed by atoms with van der Waals surface area (Å²) in [5.74, 6) is 0.923. The third kappa shape index (κ3) is 6.03. The van der Waals surface area contributed by atoms with Crippen molar-refractivity contribution in [2.45, 2.75) is 46.7 Å². The lowest BCUT2D eigenvalue weighted by Gasteiger charge is -2.21. The van der Waals surface area contributed by atoms with Crippen molar-refractivity contribution in [3.63, 3.8) is 0 Å². The number of aromatic nitrogens is 1. The fourth-order valence-corrected chi connectivity index (χ4v) is 1.49. The summed E-state index contributed by atoms with van der Waals surface area (Å²) >= 11 is 0. The van der Waals surface area contributed by atoms with Crippen LogP contribution in [0.2, 0.25) is 0 Å². The van der Waals surface area contributed by atoms with E-state index in [2.05, 4.69) is 31.1 Å². The molecule has 1 rings (SSSR count).